The van der Waals surface area contributed by atoms with E-state index in [0.29, 0.717) is 4.47 Å². The van der Waals surface area contributed by atoms with E-state index in [2.05, 4.69) is 20.8 Å². The molecule has 76 valence electrons. The van der Waals surface area contributed by atoms with Gasteiger partial charge in [-0.15, -0.1) is 0 Å². The fourth-order valence-corrected chi connectivity index (χ4v) is 1.75. The van der Waals surface area contributed by atoms with Crippen molar-refractivity contribution in [1.29, 1.82) is 0 Å². The van der Waals surface area contributed by atoms with Gasteiger partial charge in [0.05, 0.1) is 17.7 Å². The van der Waals surface area contributed by atoms with Crippen molar-refractivity contribution in [3.05, 3.63) is 28.5 Å². The molecule has 2 rings (SSSR count). The van der Waals surface area contributed by atoms with E-state index in [0.717, 1.165) is 32.0 Å². The third-order valence-corrected chi connectivity index (χ3v) is 2.92. The summed E-state index contributed by atoms with van der Waals surface area (Å²) in [5.41, 5.74) is 0.925. The first kappa shape index (κ1) is 9.93. The standard InChI is InChI=1S/C10H11BrFNO/c11-9-2-1-8(7-10(9)12)13-3-5-14-6-4-13/h1-2,7H,3-6H2. The minimum Gasteiger partial charge on any atom is -0.378 e. The number of rotatable bonds is 1. The van der Waals surface area contributed by atoms with Crippen LogP contribution in [0.5, 0.6) is 0 Å². The van der Waals surface area contributed by atoms with Crippen LogP contribution in [0.3, 0.4) is 0 Å². The summed E-state index contributed by atoms with van der Waals surface area (Å²) in [6.45, 7) is 3.11. The minimum atomic E-state index is -0.214. The Hall–Kier alpha value is -0.610. The fourth-order valence-electron chi connectivity index (χ4n) is 1.50. The molecule has 0 aromatic heterocycles. The lowest BCUT2D eigenvalue weighted by molar-refractivity contribution is 0.122. The lowest BCUT2D eigenvalue weighted by Gasteiger charge is -2.28. The first-order valence-corrected chi connectivity index (χ1v) is 5.34. The molecule has 0 radical (unpaired) electrons. The maximum Gasteiger partial charge on any atom is 0.139 e. The Morgan fingerprint density at radius 2 is 2.00 bits per heavy atom. The zero-order chi connectivity index (χ0) is 9.97. The lowest BCUT2D eigenvalue weighted by atomic mass is 10.2. The van der Waals surface area contributed by atoms with Gasteiger partial charge in [-0.2, -0.15) is 0 Å². The number of anilines is 1. The van der Waals surface area contributed by atoms with Gasteiger partial charge in [0.25, 0.3) is 0 Å². The van der Waals surface area contributed by atoms with E-state index in [1.165, 1.54) is 0 Å². The van der Waals surface area contributed by atoms with Gasteiger partial charge in [0.1, 0.15) is 5.82 Å². The number of morpholine rings is 1. The highest BCUT2D eigenvalue weighted by Gasteiger charge is 2.12. The van der Waals surface area contributed by atoms with Crippen LogP contribution in [0.25, 0.3) is 0 Å². The Morgan fingerprint density at radius 3 is 2.64 bits per heavy atom. The number of nitrogens with zero attached hydrogens (tertiary/aromatic N) is 1. The maximum atomic E-state index is 13.2. The van der Waals surface area contributed by atoms with Crippen LogP contribution in [0.1, 0.15) is 0 Å². The van der Waals surface area contributed by atoms with E-state index in [9.17, 15) is 4.39 Å². The van der Waals surface area contributed by atoms with E-state index in [1.54, 1.807) is 12.1 Å². The average Bonchev–Trinajstić information content (AvgIpc) is 2.23. The molecule has 1 aromatic rings. The monoisotopic (exact) mass is 259 g/mol. The van der Waals surface area contributed by atoms with Gasteiger partial charge >= 0.3 is 0 Å². The third kappa shape index (κ3) is 2.07. The van der Waals surface area contributed by atoms with Crippen LogP contribution >= 0.6 is 15.9 Å². The van der Waals surface area contributed by atoms with Crippen molar-refractivity contribution < 1.29 is 9.13 Å². The van der Waals surface area contributed by atoms with Gasteiger partial charge in [-0.25, -0.2) is 4.39 Å². The SMILES string of the molecule is Fc1cc(N2CCOCC2)ccc1Br. The van der Waals surface area contributed by atoms with Crippen molar-refractivity contribution in [3.63, 3.8) is 0 Å². The molecule has 0 saturated carbocycles. The van der Waals surface area contributed by atoms with E-state index in [-0.39, 0.29) is 5.82 Å². The van der Waals surface area contributed by atoms with Gasteiger partial charge in [0.2, 0.25) is 0 Å². The normalized spacial score (nSPS) is 17.1. The summed E-state index contributed by atoms with van der Waals surface area (Å²) in [6, 6.07) is 5.20. The van der Waals surface area contributed by atoms with Crippen molar-refractivity contribution in [2.75, 3.05) is 31.2 Å². The van der Waals surface area contributed by atoms with Crippen molar-refractivity contribution >= 4 is 21.6 Å². The molecule has 0 bridgehead atoms. The highest BCUT2D eigenvalue weighted by atomic mass is 79.9. The smallest absolute Gasteiger partial charge is 0.139 e. The fraction of sp³-hybridized carbons (Fsp3) is 0.400. The first-order valence-electron chi connectivity index (χ1n) is 4.55. The predicted molar refractivity (Wildman–Crippen MR) is 57.1 cm³/mol. The molecule has 1 aliphatic rings. The van der Waals surface area contributed by atoms with Crippen molar-refractivity contribution in [2.45, 2.75) is 0 Å². The summed E-state index contributed by atoms with van der Waals surface area (Å²) in [4.78, 5) is 2.12. The third-order valence-electron chi connectivity index (χ3n) is 2.28. The van der Waals surface area contributed by atoms with Crippen molar-refractivity contribution in [2.24, 2.45) is 0 Å². The second-order valence-electron chi connectivity index (χ2n) is 3.20. The second-order valence-corrected chi connectivity index (χ2v) is 4.05. The molecule has 0 atom stereocenters. The molecule has 0 spiro atoms. The Kier molecular flexibility index (Phi) is 3.03. The summed E-state index contributed by atoms with van der Waals surface area (Å²) in [5, 5.41) is 0. The molecule has 1 aliphatic heterocycles. The summed E-state index contributed by atoms with van der Waals surface area (Å²) in [7, 11) is 0. The van der Waals surface area contributed by atoms with Crippen LogP contribution in [0.2, 0.25) is 0 Å². The highest BCUT2D eigenvalue weighted by molar-refractivity contribution is 9.10. The predicted octanol–water partition coefficient (Wildman–Crippen LogP) is 2.42. The summed E-state index contributed by atoms with van der Waals surface area (Å²) in [5.74, 6) is -0.214. The van der Waals surface area contributed by atoms with E-state index in [1.807, 2.05) is 6.07 Å². The quantitative estimate of drug-likeness (QED) is 0.768. The Labute approximate surface area is 90.8 Å². The Morgan fingerprint density at radius 1 is 1.29 bits per heavy atom. The van der Waals surface area contributed by atoms with Crippen LogP contribution in [0.4, 0.5) is 10.1 Å². The molecule has 1 saturated heterocycles. The molecule has 1 aromatic carbocycles. The molecule has 0 unspecified atom stereocenters. The van der Waals surface area contributed by atoms with E-state index >= 15 is 0 Å². The molecule has 0 amide bonds. The Bertz CT molecular complexity index is 326. The Balaban J connectivity index is 2.18. The summed E-state index contributed by atoms with van der Waals surface area (Å²) >= 11 is 3.14. The molecule has 0 aliphatic carbocycles. The average molecular weight is 260 g/mol. The van der Waals surface area contributed by atoms with Gasteiger partial charge in [-0.1, -0.05) is 0 Å². The number of hydrogen-bond donors (Lipinski definition) is 0. The van der Waals surface area contributed by atoms with E-state index < -0.39 is 0 Å². The van der Waals surface area contributed by atoms with Gasteiger partial charge in [-0.05, 0) is 34.1 Å². The molecule has 1 fully saturated rings. The van der Waals surface area contributed by atoms with Crippen molar-refractivity contribution in [1.82, 2.24) is 0 Å². The molecule has 2 nitrogen and oxygen atoms in total. The molecule has 1 heterocycles. The van der Waals surface area contributed by atoms with Crippen LogP contribution < -0.4 is 4.90 Å². The van der Waals surface area contributed by atoms with Gasteiger partial charge in [-0.3, -0.25) is 0 Å². The molecule has 14 heavy (non-hydrogen) atoms. The summed E-state index contributed by atoms with van der Waals surface area (Å²) in [6.07, 6.45) is 0. The van der Waals surface area contributed by atoms with Crippen LogP contribution in [0.15, 0.2) is 22.7 Å². The zero-order valence-corrected chi connectivity index (χ0v) is 9.26. The topological polar surface area (TPSA) is 12.5 Å². The van der Waals surface area contributed by atoms with Gasteiger partial charge in [0.15, 0.2) is 0 Å². The number of ether oxygens (including phenoxy) is 1. The second kappa shape index (κ2) is 4.28. The van der Waals surface area contributed by atoms with Gasteiger partial charge in [0, 0.05) is 18.8 Å². The van der Waals surface area contributed by atoms with Crippen LogP contribution in [0, 0.1) is 5.82 Å². The number of hydrogen-bond acceptors (Lipinski definition) is 2. The van der Waals surface area contributed by atoms with Gasteiger partial charge < -0.3 is 9.64 Å². The maximum absolute atomic E-state index is 13.2. The van der Waals surface area contributed by atoms with Crippen LogP contribution in [-0.2, 0) is 4.74 Å². The lowest BCUT2D eigenvalue weighted by Crippen LogP contribution is -2.36. The molecule has 4 heteroatoms. The molecular weight excluding hydrogens is 249 g/mol. The molecular formula is C10H11BrFNO. The highest BCUT2D eigenvalue weighted by Crippen LogP contribution is 2.22. The zero-order valence-electron chi connectivity index (χ0n) is 7.67. The molecule has 0 N–H and O–H groups in total. The largest absolute Gasteiger partial charge is 0.378 e. The minimum absolute atomic E-state index is 0.214. The van der Waals surface area contributed by atoms with Crippen molar-refractivity contribution in [3.8, 4) is 0 Å². The first-order chi connectivity index (χ1) is 6.77. The summed E-state index contributed by atoms with van der Waals surface area (Å²) < 4.78 is 19.0. The number of halogens is 2. The van der Waals surface area contributed by atoms with E-state index in [4.69, 9.17) is 4.74 Å². The number of benzene rings is 1. The van der Waals surface area contributed by atoms with Crippen LogP contribution in [-0.4, -0.2) is 26.3 Å².